The quantitative estimate of drug-likeness (QED) is 0.502. The van der Waals surface area contributed by atoms with Crippen molar-refractivity contribution in [2.45, 2.75) is 60.4 Å². The fraction of sp³-hybridized carbons (Fsp3) is 0.591. The molecule has 1 amide bonds. The lowest BCUT2D eigenvalue weighted by Crippen LogP contribution is -2.35. The van der Waals surface area contributed by atoms with Crippen molar-refractivity contribution in [1.29, 1.82) is 0 Å². The van der Waals surface area contributed by atoms with Gasteiger partial charge in [0, 0.05) is 19.3 Å². The first kappa shape index (κ1) is 25.8. The summed E-state index contributed by atoms with van der Waals surface area (Å²) in [6.07, 6.45) is -10.5. The van der Waals surface area contributed by atoms with Gasteiger partial charge in [-0.05, 0) is 50.3 Å². The maximum atomic E-state index is 13.4. The smallest absolute Gasteiger partial charge is 0.425 e. The first-order chi connectivity index (χ1) is 17.0. The van der Waals surface area contributed by atoms with E-state index in [0.29, 0.717) is 6.42 Å². The second-order valence-electron chi connectivity index (χ2n) is 9.98. The maximum Gasteiger partial charge on any atom is 0.425 e. The number of aromatic nitrogens is 2. The number of fused-ring (bicyclic) bond motifs is 1. The fourth-order valence-electron chi connectivity index (χ4n) is 4.79. The van der Waals surface area contributed by atoms with E-state index >= 15 is 0 Å². The first-order valence-electron chi connectivity index (χ1n) is 11.3. The van der Waals surface area contributed by atoms with E-state index in [2.05, 4.69) is 10.1 Å². The summed E-state index contributed by atoms with van der Waals surface area (Å²) in [5.74, 6) is -1.89. The lowest BCUT2D eigenvalue weighted by Gasteiger charge is -2.24. The monoisotopic (exact) mass is 553 g/mol. The van der Waals surface area contributed by atoms with Crippen molar-refractivity contribution in [2.75, 3.05) is 19.3 Å². The van der Waals surface area contributed by atoms with E-state index in [1.165, 1.54) is 4.90 Å². The van der Waals surface area contributed by atoms with E-state index in [1.54, 1.807) is 0 Å². The molecule has 2 unspecified atom stereocenters. The molecule has 2 aromatic rings. The van der Waals surface area contributed by atoms with Gasteiger partial charge in [0.1, 0.15) is 11.2 Å². The largest absolute Gasteiger partial charge is 0.480 e. The summed E-state index contributed by atoms with van der Waals surface area (Å²) >= 11 is 0. The van der Waals surface area contributed by atoms with Crippen LogP contribution in [0.2, 0.25) is 0 Å². The number of amides is 1. The number of alkyl halides is 6. The summed E-state index contributed by atoms with van der Waals surface area (Å²) in [6, 6.07) is 3.00. The van der Waals surface area contributed by atoms with Gasteiger partial charge >= 0.3 is 12.4 Å². The molecule has 0 spiro atoms. The second-order valence-corrected chi connectivity index (χ2v) is 12.0. The summed E-state index contributed by atoms with van der Waals surface area (Å²) in [6.45, 7) is 0.858. The highest BCUT2D eigenvalue weighted by atomic mass is 32.2. The standard InChI is InChI=1S/C22H21F6N3O5S/c1-11(21(23,24)25)35-15-4-3-13(37(2,33)34)7-14(15)16(32)31-9-12-8-19(12,10-31)17-29-18(36-30-17)20(5-6-20)22(26,27)28/h3-4,7,11-12H,5-6,8-10H2,1-2H3/t11-,12?,19?/m1/s1. The number of halogens is 6. The van der Waals surface area contributed by atoms with Crippen molar-refractivity contribution in [3.8, 4) is 5.75 Å². The molecule has 8 nitrogen and oxygen atoms in total. The molecule has 2 aliphatic carbocycles. The van der Waals surface area contributed by atoms with Crippen LogP contribution in [0.4, 0.5) is 26.3 Å². The number of hydrogen-bond acceptors (Lipinski definition) is 7. The van der Waals surface area contributed by atoms with Crippen LogP contribution in [0.3, 0.4) is 0 Å². The number of likely N-dealkylation sites (tertiary alicyclic amines) is 1. The minimum Gasteiger partial charge on any atom is -0.480 e. The molecule has 3 aliphatic rings. The van der Waals surface area contributed by atoms with E-state index in [0.717, 1.165) is 31.4 Å². The third-order valence-electron chi connectivity index (χ3n) is 7.38. The highest BCUT2D eigenvalue weighted by molar-refractivity contribution is 7.90. The Labute approximate surface area is 206 Å². The molecule has 2 heterocycles. The molecule has 15 heteroatoms. The molecule has 2 saturated carbocycles. The minimum atomic E-state index is -4.74. The van der Waals surface area contributed by atoms with E-state index in [-0.39, 0.29) is 48.1 Å². The highest BCUT2D eigenvalue weighted by Gasteiger charge is 2.70. The maximum absolute atomic E-state index is 13.4. The number of benzene rings is 1. The van der Waals surface area contributed by atoms with Gasteiger partial charge in [-0.1, -0.05) is 5.16 Å². The Morgan fingerprint density at radius 1 is 1.22 bits per heavy atom. The predicted molar refractivity (Wildman–Crippen MR) is 113 cm³/mol. The van der Waals surface area contributed by atoms with Gasteiger partial charge in [-0.15, -0.1) is 0 Å². The van der Waals surface area contributed by atoms with E-state index in [9.17, 15) is 39.6 Å². The summed E-state index contributed by atoms with van der Waals surface area (Å²) in [4.78, 5) is 18.4. The van der Waals surface area contributed by atoms with Crippen molar-refractivity contribution in [3.05, 3.63) is 35.5 Å². The lowest BCUT2D eigenvalue weighted by atomic mass is 10.0. The van der Waals surface area contributed by atoms with E-state index < -0.39 is 56.7 Å². The molecule has 37 heavy (non-hydrogen) atoms. The van der Waals surface area contributed by atoms with Crippen LogP contribution in [-0.2, 0) is 20.7 Å². The normalized spacial score (nSPS) is 25.5. The summed E-state index contributed by atoms with van der Waals surface area (Å²) in [5, 5.41) is 3.78. The number of carbonyl (C=O) groups excluding carboxylic acids is 1. The SMILES string of the molecule is C[C@@H](Oc1ccc(S(C)(=O)=O)cc1C(=O)N1CC2CC2(c2noc(C3(C(F)(F)F)CC3)n2)C1)C(F)(F)F. The minimum absolute atomic E-state index is 0.0220. The molecule has 202 valence electrons. The number of piperidine rings is 1. The van der Waals surface area contributed by atoms with Gasteiger partial charge in [-0.3, -0.25) is 4.79 Å². The van der Waals surface area contributed by atoms with E-state index in [4.69, 9.17) is 9.26 Å². The van der Waals surface area contributed by atoms with Crippen LogP contribution in [0.1, 0.15) is 48.3 Å². The van der Waals surface area contributed by atoms with Gasteiger partial charge in [-0.25, -0.2) is 8.42 Å². The van der Waals surface area contributed by atoms with Crippen LogP contribution in [-0.4, -0.2) is 67.2 Å². The molecule has 1 saturated heterocycles. The number of nitrogens with zero attached hydrogens (tertiary/aromatic N) is 3. The van der Waals surface area contributed by atoms with Crippen molar-refractivity contribution in [1.82, 2.24) is 15.0 Å². The molecule has 1 aromatic carbocycles. The molecular weight excluding hydrogens is 532 g/mol. The number of hydrogen-bond donors (Lipinski definition) is 0. The zero-order chi connectivity index (χ0) is 27.2. The van der Waals surface area contributed by atoms with Crippen LogP contribution >= 0.6 is 0 Å². The van der Waals surface area contributed by atoms with E-state index in [1.807, 2.05) is 0 Å². The Hall–Kier alpha value is -2.84. The summed E-state index contributed by atoms with van der Waals surface area (Å²) in [7, 11) is -3.80. The number of sulfone groups is 1. The molecule has 1 aromatic heterocycles. The Morgan fingerprint density at radius 2 is 1.89 bits per heavy atom. The van der Waals surface area contributed by atoms with Gasteiger partial charge in [0.2, 0.25) is 5.89 Å². The van der Waals surface area contributed by atoms with Crippen molar-refractivity contribution < 1.29 is 48.8 Å². The topological polar surface area (TPSA) is 103 Å². The van der Waals surface area contributed by atoms with Gasteiger partial charge in [0.15, 0.2) is 21.8 Å². The third kappa shape index (κ3) is 4.24. The Morgan fingerprint density at radius 3 is 2.46 bits per heavy atom. The van der Waals surface area contributed by atoms with Crippen LogP contribution in [0.15, 0.2) is 27.6 Å². The van der Waals surface area contributed by atoms with Gasteiger partial charge < -0.3 is 14.2 Å². The van der Waals surface area contributed by atoms with Crippen molar-refractivity contribution in [3.63, 3.8) is 0 Å². The molecular formula is C22H21F6N3O5S. The van der Waals surface area contributed by atoms with Crippen molar-refractivity contribution >= 4 is 15.7 Å². The molecule has 0 N–H and O–H groups in total. The summed E-state index contributed by atoms with van der Waals surface area (Å²) < 4.78 is 114. The zero-order valence-corrected chi connectivity index (χ0v) is 20.3. The predicted octanol–water partition coefficient (Wildman–Crippen LogP) is 3.81. The average molecular weight is 553 g/mol. The molecule has 5 rings (SSSR count). The Balaban J connectivity index is 1.41. The molecule has 3 fully saturated rings. The fourth-order valence-corrected chi connectivity index (χ4v) is 5.43. The van der Waals surface area contributed by atoms with Crippen LogP contribution < -0.4 is 4.74 Å². The number of ether oxygens (including phenoxy) is 1. The third-order valence-corrected chi connectivity index (χ3v) is 8.49. The lowest BCUT2D eigenvalue weighted by molar-refractivity contribution is -0.189. The molecule has 3 atom stereocenters. The highest BCUT2D eigenvalue weighted by Crippen LogP contribution is 2.61. The van der Waals surface area contributed by atoms with Gasteiger partial charge in [0.25, 0.3) is 5.91 Å². The van der Waals surface area contributed by atoms with Crippen LogP contribution in [0, 0.1) is 5.92 Å². The number of carbonyl (C=O) groups is 1. The van der Waals surface area contributed by atoms with Crippen LogP contribution in [0.25, 0.3) is 0 Å². The first-order valence-corrected chi connectivity index (χ1v) is 13.2. The zero-order valence-electron chi connectivity index (χ0n) is 19.5. The average Bonchev–Trinajstić information content (AvgIpc) is 3.63. The Bertz CT molecular complexity index is 1370. The number of rotatable bonds is 6. The second kappa shape index (κ2) is 7.84. The molecule has 0 bridgehead atoms. The van der Waals surface area contributed by atoms with Gasteiger partial charge in [0.05, 0.1) is 15.9 Å². The molecule has 1 aliphatic heterocycles. The van der Waals surface area contributed by atoms with Crippen molar-refractivity contribution in [2.24, 2.45) is 5.92 Å². The van der Waals surface area contributed by atoms with Crippen LogP contribution in [0.5, 0.6) is 5.75 Å². The van der Waals surface area contributed by atoms with Gasteiger partial charge in [-0.2, -0.15) is 31.3 Å². The summed E-state index contributed by atoms with van der Waals surface area (Å²) in [5.41, 5.74) is -3.37. The molecule has 0 radical (unpaired) electrons. The Kier molecular flexibility index (Phi) is 5.46.